The number of hydrogen-bond donors (Lipinski definition) is 1. The summed E-state index contributed by atoms with van der Waals surface area (Å²) in [6.45, 7) is 2.56. The summed E-state index contributed by atoms with van der Waals surface area (Å²) in [6.07, 6.45) is 12.0. The van der Waals surface area contributed by atoms with Gasteiger partial charge in [0.2, 0.25) is 0 Å². The van der Waals surface area contributed by atoms with Gasteiger partial charge in [-0.3, -0.25) is 0 Å². The summed E-state index contributed by atoms with van der Waals surface area (Å²) in [4.78, 5) is 0. The Labute approximate surface area is 124 Å². The van der Waals surface area contributed by atoms with E-state index in [9.17, 15) is 8.42 Å². The molecule has 0 saturated heterocycles. The van der Waals surface area contributed by atoms with E-state index in [1.807, 2.05) is 0 Å². The first-order chi connectivity index (χ1) is 9.62. The van der Waals surface area contributed by atoms with Crippen LogP contribution in [-0.4, -0.2) is 28.2 Å². The smallest absolute Gasteiger partial charge is 0.328 e. The average molecular weight is 309 g/mol. The maximum absolute atomic E-state index is 11.1. The molecule has 0 fully saturated rings. The fraction of sp³-hybridized carbons (Fsp3) is 1.00. The van der Waals surface area contributed by atoms with Gasteiger partial charge in [-0.05, 0) is 6.42 Å². The van der Waals surface area contributed by atoms with E-state index in [4.69, 9.17) is 9.92 Å². The van der Waals surface area contributed by atoms with Crippen LogP contribution in [0.5, 0.6) is 0 Å². The molecular weight excluding hydrogens is 278 g/mol. The summed E-state index contributed by atoms with van der Waals surface area (Å²) >= 11 is 0. The predicted molar refractivity (Wildman–Crippen MR) is 81.7 cm³/mol. The number of nitrogens with two attached hydrogens (primary N) is 1. The molecule has 20 heavy (non-hydrogen) atoms. The van der Waals surface area contributed by atoms with Crippen LogP contribution in [0.25, 0.3) is 0 Å². The Morgan fingerprint density at radius 3 is 1.70 bits per heavy atom. The van der Waals surface area contributed by atoms with Crippen molar-refractivity contribution in [3.63, 3.8) is 0 Å². The quantitative estimate of drug-likeness (QED) is 0.470. The van der Waals surface area contributed by atoms with Crippen molar-refractivity contribution in [2.24, 2.45) is 5.73 Å². The molecule has 5 nitrogen and oxygen atoms in total. The van der Waals surface area contributed by atoms with Crippen molar-refractivity contribution in [1.82, 2.24) is 0 Å². The van der Waals surface area contributed by atoms with Gasteiger partial charge in [0.25, 0.3) is 0 Å². The normalized spacial score (nSPS) is 11.9. The van der Waals surface area contributed by atoms with Crippen molar-refractivity contribution < 1.29 is 16.8 Å². The molecule has 0 aromatic rings. The molecule has 0 aliphatic rings. The fourth-order valence-corrected chi connectivity index (χ4v) is 2.63. The molecule has 0 atom stereocenters. The van der Waals surface area contributed by atoms with Gasteiger partial charge in [0, 0.05) is 6.54 Å². The zero-order valence-electron chi connectivity index (χ0n) is 12.8. The minimum absolute atomic E-state index is 0.0274. The van der Waals surface area contributed by atoms with Crippen molar-refractivity contribution >= 4 is 10.4 Å². The molecule has 0 bridgehead atoms. The molecule has 0 amide bonds. The molecule has 0 rings (SSSR count). The lowest BCUT2D eigenvalue weighted by Crippen LogP contribution is -2.16. The Balaban J connectivity index is 3.24. The number of hydrogen-bond acceptors (Lipinski definition) is 5. The third kappa shape index (κ3) is 14.2. The molecule has 0 radical (unpaired) electrons. The van der Waals surface area contributed by atoms with E-state index in [-0.39, 0.29) is 19.8 Å². The van der Waals surface area contributed by atoms with E-state index in [0.717, 1.165) is 19.3 Å². The zero-order chi connectivity index (χ0) is 15.1. The third-order valence-corrected chi connectivity index (χ3v) is 3.98. The van der Waals surface area contributed by atoms with E-state index in [1.165, 1.54) is 44.9 Å². The molecule has 0 aliphatic carbocycles. The van der Waals surface area contributed by atoms with Crippen molar-refractivity contribution in [2.75, 3.05) is 19.8 Å². The van der Waals surface area contributed by atoms with Gasteiger partial charge in [-0.15, -0.1) is 0 Å². The Morgan fingerprint density at radius 1 is 0.750 bits per heavy atom. The highest BCUT2D eigenvalue weighted by molar-refractivity contribution is 7.81. The summed E-state index contributed by atoms with van der Waals surface area (Å²) in [7, 11) is -3.83. The highest BCUT2D eigenvalue weighted by atomic mass is 32.3. The molecule has 6 heteroatoms. The Bertz CT molecular complexity index is 294. The minimum atomic E-state index is -3.83. The van der Waals surface area contributed by atoms with E-state index >= 15 is 0 Å². The largest absolute Gasteiger partial charge is 0.399 e. The highest BCUT2D eigenvalue weighted by Crippen LogP contribution is 2.10. The van der Waals surface area contributed by atoms with E-state index in [2.05, 4.69) is 11.1 Å². The van der Waals surface area contributed by atoms with Gasteiger partial charge < -0.3 is 5.73 Å². The van der Waals surface area contributed by atoms with Crippen molar-refractivity contribution in [3.8, 4) is 0 Å². The van der Waals surface area contributed by atoms with Crippen LogP contribution in [0.3, 0.4) is 0 Å². The lowest BCUT2D eigenvalue weighted by Gasteiger charge is -2.05. The van der Waals surface area contributed by atoms with Gasteiger partial charge in [-0.25, -0.2) is 8.37 Å². The molecule has 0 aromatic carbocycles. The van der Waals surface area contributed by atoms with Crippen LogP contribution in [0, 0.1) is 0 Å². The van der Waals surface area contributed by atoms with Crippen LogP contribution in [0.2, 0.25) is 0 Å². The molecule has 0 aliphatic heterocycles. The maximum Gasteiger partial charge on any atom is 0.399 e. The van der Waals surface area contributed by atoms with Gasteiger partial charge in [0.05, 0.1) is 13.2 Å². The first kappa shape index (κ1) is 19.8. The average Bonchev–Trinajstić information content (AvgIpc) is 2.42. The van der Waals surface area contributed by atoms with Crippen LogP contribution in [0.15, 0.2) is 0 Å². The number of rotatable bonds is 15. The van der Waals surface area contributed by atoms with E-state index in [1.54, 1.807) is 0 Å². The van der Waals surface area contributed by atoms with Crippen LogP contribution in [0.4, 0.5) is 0 Å². The summed E-state index contributed by atoms with van der Waals surface area (Å²) in [6, 6.07) is 0. The van der Waals surface area contributed by atoms with Gasteiger partial charge in [-0.2, -0.15) is 8.42 Å². The predicted octanol–water partition coefficient (Wildman–Crippen LogP) is 3.14. The van der Waals surface area contributed by atoms with Gasteiger partial charge in [0.15, 0.2) is 0 Å². The van der Waals surface area contributed by atoms with E-state index in [0.29, 0.717) is 0 Å². The summed E-state index contributed by atoms with van der Waals surface area (Å²) in [5.41, 5.74) is 5.15. The Hall–Kier alpha value is -0.170. The monoisotopic (exact) mass is 309 g/mol. The van der Waals surface area contributed by atoms with Gasteiger partial charge in [-0.1, -0.05) is 64.7 Å². The first-order valence-corrected chi connectivity index (χ1v) is 9.19. The molecule has 0 heterocycles. The lowest BCUT2D eigenvalue weighted by atomic mass is 10.1. The first-order valence-electron chi connectivity index (χ1n) is 7.86. The van der Waals surface area contributed by atoms with Gasteiger partial charge >= 0.3 is 10.4 Å². The zero-order valence-corrected chi connectivity index (χ0v) is 13.6. The van der Waals surface area contributed by atoms with Crippen LogP contribution >= 0.6 is 0 Å². The molecular formula is C14H31NO4S. The summed E-state index contributed by atoms with van der Waals surface area (Å²) < 4.78 is 31.5. The highest BCUT2D eigenvalue weighted by Gasteiger charge is 2.10. The molecule has 0 spiro atoms. The standard InChI is InChI=1S/C14H31NO4S/c1-2-3-4-5-6-7-8-9-10-11-13-18-20(16,17)19-14-12-15/h2-15H2,1H3. The van der Waals surface area contributed by atoms with Crippen LogP contribution in [-0.2, 0) is 18.8 Å². The maximum atomic E-state index is 11.1. The van der Waals surface area contributed by atoms with Crippen molar-refractivity contribution in [2.45, 2.75) is 71.1 Å². The van der Waals surface area contributed by atoms with Crippen LogP contribution < -0.4 is 5.73 Å². The SMILES string of the molecule is CCCCCCCCCCCCOS(=O)(=O)OCCN. The van der Waals surface area contributed by atoms with Gasteiger partial charge in [0.1, 0.15) is 0 Å². The molecule has 0 unspecified atom stereocenters. The molecule has 122 valence electrons. The fourth-order valence-electron chi connectivity index (χ4n) is 1.93. The van der Waals surface area contributed by atoms with Crippen LogP contribution in [0.1, 0.15) is 71.1 Å². The third-order valence-electron chi connectivity index (χ3n) is 3.07. The lowest BCUT2D eigenvalue weighted by molar-refractivity contribution is 0.215. The molecule has 0 saturated carbocycles. The summed E-state index contributed by atoms with van der Waals surface area (Å²) in [5.74, 6) is 0. The molecule has 2 N–H and O–H groups in total. The van der Waals surface area contributed by atoms with Crippen molar-refractivity contribution in [1.29, 1.82) is 0 Å². The Morgan fingerprint density at radius 2 is 1.20 bits per heavy atom. The summed E-state index contributed by atoms with van der Waals surface area (Å²) in [5, 5.41) is 0. The second-order valence-corrected chi connectivity index (χ2v) is 6.31. The van der Waals surface area contributed by atoms with E-state index < -0.39 is 10.4 Å². The topological polar surface area (TPSA) is 78.6 Å². The minimum Gasteiger partial charge on any atom is -0.328 e. The second-order valence-electron chi connectivity index (χ2n) is 5.02. The second kappa shape index (κ2) is 13.8. The number of unbranched alkanes of at least 4 members (excludes halogenated alkanes) is 9. The van der Waals surface area contributed by atoms with Crippen molar-refractivity contribution in [3.05, 3.63) is 0 Å². The molecule has 0 aromatic heterocycles. The Kier molecular flexibility index (Phi) is 13.7.